The van der Waals surface area contributed by atoms with Gasteiger partial charge in [-0.25, -0.2) is 0 Å². The first-order valence-corrected chi connectivity index (χ1v) is 6.29. The van der Waals surface area contributed by atoms with Crippen LogP contribution in [0, 0.1) is 11.8 Å². The molecule has 3 heteroatoms. The largest absolute Gasteiger partial charge is 0.392 e. The average Bonchev–Trinajstić information content (AvgIpc) is 2.20. The van der Waals surface area contributed by atoms with Crippen LogP contribution < -0.4 is 0 Å². The van der Waals surface area contributed by atoms with Crippen molar-refractivity contribution < 1.29 is 5.11 Å². The van der Waals surface area contributed by atoms with Crippen LogP contribution >= 0.6 is 23.2 Å². The molecule has 0 heterocycles. The maximum Gasteiger partial charge on any atom is 0.0609 e. The highest BCUT2D eigenvalue weighted by Crippen LogP contribution is 2.25. The van der Waals surface area contributed by atoms with E-state index in [-0.39, 0.29) is 12.0 Å². The molecule has 0 spiro atoms. The van der Waals surface area contributed by atoms with Gasteiger partial charge in [-0.05, 0) is 29.5 Å². The molecule has 1 aromatic rings. The van der Waals surface area contributed by atoms with Gasteiger partial charge < -0.3 is 5.11 Å². The maximum absolute atomic E-state index is 10.0. The van der Waals surface area contributed by atoms with Gasteiger partial charge in [-0.2, -0.15) is 0 Å². The summed E-state index contributed by atoms with van der Waals surface area (Å²) in [5.41, 5.74) is 0.950. The lowest BCUT2D eigenvalue weighted by Crippen LogP contribution is -2.24. The Bertz CT molecular complexity index is 350. The molecule has 2 atom stereocenters. The fourth-order valence-corrected chi connectivity index (χ4v) is 2.03. The molecule has 1 aromatic carbocycles. The minimum absolute atomic E-state index is 0.256. The van der Waals surface area contributed by atoms with E-state index in [2.05, 4.69) is 20.8 Å². The van der Waals surface area contributed by atoms with Crippen molar-refractivity contribution >= 4 is 23.2 Å². The minimum Gasteiger partial charge on any atom is -0.392 e. The van der Waals surface area contributed by atoms with Gasteiger partial charge in [-0.1, -0.05) is 50.0 Å². The van der Waals surface area contributed by atoms with Crippen molar-refractivity contribution in [3.63, 3.8) is 0 Å². The van der Waals surface area contributed by atoms with Gasteiger partial charge in [0.05, 0.1) is 6.10 Å². The lowest BCUT2D eigenvalue weighted by molar-refractivity contribution is 0.0922. The summed E-state index contributed by atoms with van der Waals surface area (Å²) in [6, 6.07) is 5.39. The van der Waals surface area contributed by atoms with E-state index in [9.17, 15) is 5.11 Å². The van der Waals surface area contributed by atoms with Crippen molar-refractivity contribution in [1.82, 2.24) is 0 Å². The van der Waals surface area contributed by atoms with Gasteiger partial charge in [0.15, 0.2) is 0 Å². The van der Waals surface area contributed by atoms with Crippen LogP contribution in [0.25, 0.3) is 0 Å². The smallest absolute Gasteiger partial charge is 0.0609 e. The highest BCUT2D eigenvalue weighted by atomic mass is 35.5. The fraction of sp³-hybridized carbons (Fsp3) is 0.538. The van der Waals surface area contributed by atoms with E-state index < -0.39 is 0 Å². The Balaban J connectivity index is 2.73. The van der Waals surface area contributed by atoms with Gasteiger partial charge in [0.25, 0.3) is 0 Å². The summed E-state index contributed by atoms with van der Waals surface area (Å²) >= 11 is 11.9. The van der Waals surface area contributed by atoms with Crippen molar-refractivity contribution in [2.24, 2.45) is 11.8 Å². The summed E-state index contributed by atoms with van der Waals surface area (Å²) in [5.74, 6) is 0.716. The number of hydrogen-bond acceptors (Lipinski definition) is 1. The van der Waals surface area contributed by atoms with Crippen LogP contribution in [0.15, 0.2) is 18.2 Å². The minimum atomic E-state index is -0.362. The van der Waals surface area contributed by atoms with E-state index in [4.69, 9.17) is 23.2 Å². The lowest BCUT2D eigenvalue weighted by atomic mass is 9.89. The Morgan fingerprint density at radius 3 is 2.31 bits per heavy atom. The van der Waals surface area contributed by atoms with Crippen LogP contribution in [0.4, 0.5) is 0 Å². The Morgan fingerprint density at radius 1 is 1.19 bits per heavy atom. The zero-order valence-electron chi connectivity index (χ0n) is 9.87. The van der Waals surface area contributed by atoms with Crippen molar-refractivity contribution in [3.8, 4) is 0 Å². The van der Waals surface area contributed by atoms with Crippen LogP contribution in [-0.2, 0) is 6.42 Å². The standard InChI is InChI=1S/C13H18Cl2O/c1-8(2)9(3)13(16)6-10-4-5-11(14)7-12(10)15/h4-5,7-9,13,16H,6H2,1-3H3. The van der Waals surface area contributed by atoms with Crippen LogP contribution in [0.2, 0.25) is 10.0 Å². The van der Waals surface area contributed by atoms with Gasteiger partial charge >= 0.3 is 0 Å². The molecule has 0 aliphatic rings. The maximum atomic E-state index is 10.0. The Hall–Kier alpha value is -0.240. The lowest BCUT2D eigenvalue weighted by Gasteiger charge is -2.22. The summed E-state index contributed by atoms with van der Waals surface area (Å²) in [5, 5.41) is 11.3. The zero-order chi connectivity index (χ0) is 12.3. The second-order valence-corrected chi connectivity index (χ2v) is 5.45. The van der Waals surface area contributed by atoms with E-state index >= 15 is 0 Å². The van der Waals surface area contributed by atoms with Crippen LogP contribution in [-0.4, -0.2) is 11.2 Å². The van der Waals surface area contributed by atoms with Crippen molar-refractivity contribution in [2.75, 3.05) is 0 Å². The molecule has 0 saturated heterocycles. The van der Waals surface area contributed by atoms with Gasteiger partial charge in [0.2, 0.25) is 0 Å². The molecule has 0 radical (unpaired) electrons. The SMILES string of the molecule is CC(C)C(C)C(O)Cc1ccc(Cl)cc1Cl. The Labute approximate surface area is 107 Å². The van der Waals surface area contributed by atoms with Crippen LogP contribution in [0.3, 0.4) is 0 Å². The Kier molecular flexibility index (Phi) is 5.10. The topological polar surface area (TPSA) is 20.2 Å². The highest BCUT2D eigenvalue weighted by molar-refractivity contribution is 6.35. The van der Waals surface area contributed by atoms with Crippen LogP contribution in [0.5, 0.6) is 0 Å². The molecule has 1 nitrogen and oxygen atoms in total. The molecule has 1 N–H and O–H groups in total. The molecule has 0 bridgehead atoms. The third kappa shape index (κ3) is 3.65. The monoisotopic (exact) mass is 260 g/mol. The van der Waals surface area contributed by atoms with E-state index in [0.717, 1.165) is 5.56 Å². The van der Waals surface area contributed by atoms with Gasteiger partial charge in [-0.3, -0.25) is 0 Å². The van der Waals surface area contributed by atoms with E-state index in [0.29, 0.717) is 22.4 Å². The molecule has 0 fully saturated rings. The molecular weight excluding hydrogens is 243 g/mol. The van der Waals surface area contributed by atoms with E-state index in [1.54, 1.807) is 12.1 Å². The molecule has 0 aliphatic carbocycles. The van der Waals surface area contributed by atoms with Gasteiger partial charge in [0, 0.05) is 16.5 Å². The summed E-state index contributed by atoms with van der Waals surface area (Å²) < 4.78 is 0. The number of hydrogen-bond donors (Lipinski definition) is 1. The van der Waals surface area contributed by atoms with Gasteiger partial charge in [0.1, 0.15) is 0 Å². The first-order chi connectivity index (χ1) is 7.41. The molecule has 0 amide bonds. The normalized spacial score (nSPS) is 15.2. The third-order valence-corrected chi connectivity index (χ3v) is 3.69. The predicted octanol–water partition coefficient (Wildman–Crippen LogP) is 4.19. The molecule has 16 heavy (non-hydrogen) atoms. The Morgan fingerprint density at radius 2 is 1.81 bits per heavy atom. The number of halogens is 2. The summed E-state index contributed by atoms with van der Waals surface area (Å²) in [4.78, 5) is 0. The number of aliphatic hydroxyl groups is 1. The number of rotatable bonds is 4. The molecule has 1 rings (SSSR count). The van der Waals surface area contributed by atoms with E-state index in [1.165, 1.54) is 0 Å². The van der Waals surface area contributed by atoms with Gasteiger partial charge in [-0.15, -0.1) is 0 Å². The molecular formula is C13H18Cl2O. The average molecular weight is 261 g/mol. The zero-order valence-corrected chi connectivity index (χ0v) is 11.4. The quantitative estimate of drug-likeness (QED) is 0.861. The highest BCUT2D eigenvalue weighted by Gasteiger charge is 2.18. The number of benzene rings is 1. The summed E-state index contributed by atoms with van der Waals surface area (Å²) in [6.45, 7) is 6.27. The first kappa shape index (κ1) is 13.8. The summed E-state index contributed by atoms with van der Waals surface area (Å²) in [6.07, 6.45) is 0.216. The fourth-order valence-electron chi connectivity index (χ4n) is 1.54. The van der Waals surface area contributed by atoms with Crippen molar-refractivity contribution in [3.05, 3.63) is 33.8 Å². The summed E-state index contributed by atoms with van der Waals surface area (Å²) in [7, 11) is 0. The molecule has 90 valence electrons. The van der Waals surface area contributed by atoms with Crippen molar-refractivity contribution in [1.29, 1.82) is 0 Å². The molecule has 2 unspecified atom stereocenters. The van der Waals surface area contributed by atoms with Crippen LogP contribution in [0.1, 0.15) is 26.3 Å². The predicted molar refractivity (Wildman–Crippen MR) is 70.2 cm³/mol. The third-order valence-electron chi connectivity index (χ3n) is 3.10. The first-order valence-electron chi connectivity index (χ1n) is 5.53. The molecule has 0 aliphatic heterocycles. The molecule has 0 aromatic heterocycles. The van der Waals surface area contributed by atoms with E-state index in [1.807, 2.05) is 6.07 Å². The van der Waals surface area contributed by atoms with Crippen molar-refractivity contribution in [2.45, 2.75) is 33.3 Å². The molecule has 0 saturated carbocycles. The second-order valence-electron chi connectivity index (χ2n) is 4.61. The second kappa shape index (κ2) is 5.90. The number of aliphatic hydroxyl groups excluding tert-OH is 1.